The third-order valence-electron chi connectivity index (χ3n) is 5.13. The average Bonchev–Trinajstić information content (AvgIpc) is 3.18. The van der Waals surface area contributed by atoms with Gasteiger partial charge in [-0.25, -0.2) is 8.42 Å². The quantitative estimate of drug-likeness (QED) is 0.657. The minimum absolute atomic E-state index is 0.214. The van der Waals surface area contributed by atoms with Crippen molar-refractivity contribution in [2.75, 3.05) is 24.6 Å². The van der Waals surface area contributed by atoms with Crippen LogP contribution >= 0.6 is 23.2 Å². The summed E-state index contributed by atoms with van der Waals surface area (Å²) < 4.78 is 24.9. The number of sulfone groups is 1. The first kappa shape index (κ1) is 19.7. The smallest absolute Gasteiger partial charge is 0.152 e. The van der Waals surface area contributed by atoms with Crippen LogP contribution in [-0.2, 0) is 29.3 Å². The maximum Gasteiger partial charge on any atom is 0.152 e. The first-order valence-electron chi connectivity index (χ1n) is 9.09. The van der Waals surface area contributed by atoms with E-state index >= 15 is 0 Å². The zero-order valence-electron chi connectivity index (χ0n) is 15.5. The maximum atomic E-state index is 11.5. The summed E-state index contributed by atoms with van der Waals surface area (Å²) in [6.45, 7) is 4.41. The Morgan fingerprint density at radius 1 is 1.21 bits per heavy atom. The molecule has 1 aromatic carbocycles. The van der Waals surface area contributed by atoms with Crippen LogP contribution in [0.4, 0.5) is 0 Å². The molecular weight excluding hydrogens is 421 g/mol. The van der Waals surface area contributed by atoms with Crippen LogP contribution in [0.2, 0.25) is 10.0 Å². The van der Waals surface area contributed by atoms with Gasteiger partial charge < -0.3 is 4.98 Å². The van der Waals surface area contributed by atoms with Crippen molar-refractivity contribution in [3.05, 3.63) is 45.3 Å². The van der Waals surface area contributed by atoms with Crippen LogP contribution in [0.25, 0.3) is 10.9 Å². The van der Waals surface area contributed by atoms with Crippen molar-refractivity contribution in [3.63, 3.8) is 0 Å². The van der Waals surface area contributed by atoms with E-state index in [1.165, 1.54) is 0 Å². The highest BCUT2D eigenvalue weighted by Gasteiger charge is 2.22. The number of H-pyrrole nitrogens is 1. The van der Waals surface area contributed by atoms with E-state index < -0.39 is 9.84 Å². The number of benzene rings is 1. The van der Waals surface area contributed by atoms with Gasteiger partial charge in [-0.15, -0.1) is 5.10 Å². The number of hydrogen-bond acceptors (Lipinski definition) is 5. The number of nitrogens with zero attached hydrogens (tertiary/aromatic N) is 4. The number of aromatic amines is 1. The Balaban J connectivity index is 1.43. The highest BCUT2D eigenvalue weighted by molar-refractivity contribution is 7.91. The Labute approximate surface area is 173 Å². The number of rotatable bonds is 5. The lowest BCUT2D eigenvalue weighted by molar-refractivity contribution is 0.284. The summed E-state index contributed by atoms with van der Waals surface area (Å²) >= 11 is 12.5. The standard InChI is InChI=1S/C18H21Cl2N5O2S/c1-12-15(18-16(20)8-13(19)9-17(18)21-12)2-3-25-11-14(22-23-25)10-24-4-6-28(26,27)7-5-24/h8-9,11,21H,2-7,10H2,1H3. The third-order valence-corrected chi connectivity index (χ3v) is 7.26. The molecule has 2 aromatic heterocycles. The van der Waals surface area contributed by atoms with E-state index in [2.05, 4.69) is 20.2 Å². The molecule has 0 radical (unpaired) electrons. The van der Waals surface area contributed by atoms with Crippen molar-refractivity contribution in [1.29, 1.82) is 0 Å². The summed E-state index contributed by atoms with van der Waals surface area (Å²) in [5.41, 5.74) is 3.99. The first-order chi connectivity index (χ1) is 13.3. The van der Waals surface area contributed by atoms with E-state index in [0.29, 0.717) is 36.2 Å². The number of halogens is 2. The molecule has 1 aliphatic rings. The van der Waals surface area contributed by atoms with Crippen molar-refractivity contribution < 1.29 is 8.42 Å². The topological polar surface area (TPSA) is 83.9 Å². The second-order valence-electron chi connectivity index (χ2n) is 7.19. The molecule has 1 fully saturated rings. The fourth-order valence-corrected chi connectivity index (χ4v) is 5.52. The molecule has 10 heteroatoms. The monoisotopic (exact) mass is 441 g/mol. The normalized spacial score (nSPS) is 17.4. The van der Waals surface area contributed by atoms with Crippen molar-refractivity contribution in [2.45, 2.75) is 26.4 Å². The fourth-order valence-electron chi connectivity index (χ4n) is 3.64. The fraction of sp³-hybridized carbons (Fsp3) is 0.444. The van der Waals surface area contributed by atoms with Crippen molar-refractivity contribution in [1.82, 2.24) is 24.9 Å². The summed E-state index contributed by atoms with van der Waals surface area (Å²) in [4.78, 5) is 5.44. The van der Waals surface area contributed by atoms with Gasteiger partial charge in [0.05, 0.1) is 22.2 Å². The molecule has 0 saturated carbocycles. The first-order valence-corrected chi connectivity index (χ1v) is 11.7. The van der Waals surface area contributed by atoms with Crippen molar-refractivity contribution in [2.24, 2.45) is 0 Å². The summed E-state index contributed by atoms with van der Waals surface area (Å²) in [7, 11) is -2.87. The predicted octanol–water partition coefficient (Wildman–Crippen LogP) is 2.85. The Bertz CT molecular complexity index is 1110. The molecule has 4 rings (SSSR count). The molecule has 1 saturated heterocycles. The highest BCUT2D eigenvalue weighted by atomic mass is 35.5. The summed E-state index contributed by atoms with van der Waals surface area (Å²) in [5.74, 6) is 0.428. The molecule has 0 spiro atoms. The third kappa shape index (κ3) is 4.20. The van der Waals surface area contributed by atoms with Gasteiger partial charge in [-0.05, 0) is 31.0 Å². The maximum absolute atomic E-state index is 11.5. The van der Waals surface area contributed by atoms with Crippen LogP contribution in [0, 0.1) is 6.92 Å². The minimum Gasteiger partial charge on any atom is -0.358 e. The van der Waals surface area contributed by atoms with Gasteiger partial charge >= 0.3 is 0 Å². The molecule has 3 heterocycles. The van der Waals surface area contributed by atoms with Gasteiger partial charge in [-0.1, -0.05) is 28.4 Å². The van der Waals surface area contributed by atoms with Crippen molar-refractivity contribution in [3.8, 4) is 0 Å². The molecule has 28 heavy (non-hydrogen) atoms. The number of hydrogen-bond donors (Lipinski definition) is 1. The molecule has 0 amide bonds. The lowest BCUT2D eigenvalue weighted by atomic mass is 10.1. The van der Waals surface area contributed by atoms with E-state index in [1.54, 1.807) is 6.07 Å². The number of nitrogens with one attached hydrogen (secondary N) is 1. The SMILES string of the molecule is Cc1[nH]c2cc(Cl)cc(Cl)c2c1CCn1cc(CN2CCS(=O)(=O)CC2)nn1. The van der Waals surface area contributed by atoms with Gasteiger partial charge in [-0.2, -0.15) is 0 Å². The van der Waals surface area contributed by atoms with Gasteiger partial charge in [-0.3, -0.25) is 9.58 Å². The van der Waals surface area contributed by atoms with Crippen LogP contribution in [0.5, 0.6) is 0 Å². The largest absolute Gasteiger partial charge is 0.358 e. The van der Waals surface area contributed by atoms with E-state index in [4.69, 9.17) is 23.2 Å². The molecule has 150 valence electrons. The number of aromatic nitrogens is 4. The summed E-state index contributed by atoms with van der Waals surface area (Å²) in [6.07, 6.45) is 2.68. The Morgan fingerprint density at radius 3 is 2.71 bits per heavy atom. The number of fused-ring (bicyclic) bond motifs is 1. The molecule has 1 N–H and O–H groups in total. The zero-order valence-corrected chi connectivity index (χ0v) is 17.8. The molecule has 0 unspecified atom stereocenters. The lowest BCUT2D eigenvalue weighted by Gasteiger charge is -2.25. The zero-order chi connectivity index (χ0) is 19.9. The van der Waals surface area contributed by atoms with E-state index in [-0.39, 0.29) is 11.5 Å². The lowest BCUT2D eigenvalue weighted by Crippen LogP contribution is -2.39. The average molecular weight is 442 g/mol. The van der Waals surface area contributed by atoms with Crippen LogP contribution in [-0.4, -0.2) is 57.9 Å². The van der Waals surface area contributed by atoms with E-state index in [1.807, 2.05) is 23.9 Å². The summed E-state index contributed by atoms with van der Waals surface area (Å²) in [6, 6.07) is 3.64. The molecule has 1 aliphatic heterocycles. The molecular formula is C18H21Cl2N5O2S. The molecule has 0 bridgehead atoms. The van der Waals surface area contributed by atoms with Crippen molar-refractivity contribution >= 4 is 43.9 Å². The molecule has 0 atom stereocenters. The van der Waals surface area contributed by atoms with Gasteiger partial charge in [0.1, 0.15) is 0 Å². The molecule has 3 aromatic rings. The number of aryl methyl sites for hydroxylation is 3. The minimum atomic E-state index is -2.87. The second-order valence-corrected chi connectivity index (χ2v) is 10.3. The van der Waals surface area contributed by atoms with E-state index in [0.717, 1.165) is 34.3 Å². The Kier molecular flexibility index (Phi) is 5.39. The van der Waals surface area contributed by atoms with Crippen LogP contribution < -0.4 is 0 Å². The van der Waals surface area contributed by atoms with Gasteiger partial charge in [0.15, 0.2) is 9.84 Å². The molecule has 0 aliphatic carbocycles. The highest BCUT2D eigenvalue weighted by Crippen LogP contribution is 2.32. The van der Waals surface area contributed by atoms with Gasteiger partial charge in [0.2, 0.25) is 0 Å². The van der Waals surface area contributed by atoms with Gasteiger partial charge in [0, 0.05) is 54.0 Å². The summed E-state index contributed by atoms with van der Waals surface area (Å²) in [5, 5.41) is 10.7. The van der Waals surface area contributed by atoms with Gasteiger partial charge in [0.25, 0.3) is 0 Å². The van der Waals surface area contributed by atoms with E-state index in [9.17, 15) is 8.42 Å². The van der Waals surface area contributed by atoms with Crippen LogP contribution in [0.3, 0.4) is 0 Å². The molecule has 7 nitrogen and oxygen atoms in total. The Morgan fingerprint density at radius 2 is 1.96 bits per heavy atom. The van der Waals surface area contributed by atoms with Crippen LogP contribution in [0.1, 0.15) is 17.0 Å². The van der Waals surface area contributed by atoms with Crippen LogP contribution in [0.15, 0.2) is 18.3 Å². The predicted molar refractivity (Wildman–Crippen MR) is 111 cm³/mol. The Hall–Kier alpha value is -1.61. The second kappa shape index (κ2) is 7.67.